The highest BCUT2D eigenvalue weighted by atomic mass is 32.1. The van der Waals surface area contributed by atoms with Crippen molar-refractivity contribution in [3.05, 3.63) is 10.4 Å². The molecule has 1 aromatic heterocycles. The summed E-state index contributed by atoms with van der Waals surface area (Å²) in [4.78, 5) is 24.2. The summed E-state index contributed by atoms with van der Waals surface area (Å²) in [5, 5.41) is 3.96. The lowest BCUT2D eigenvalue weighted by Crippen LogP contribution is -2.18. The highest BCUT2D eigenvalue weighted by Crippen LogP contribution is 2.40. The lowest BCUT2D eigenvalue weighted by atomic mass is 10.1. The maximum atomic E-state index is 11.9. The van der Waals surface area contributed by atoms with E-state index in [1.54, 1.807) is 6.92 Å². The van der Waals surface area contributed by atoms with Crippen molar-refractivity contribution < 1.29 is 14.3 Å². The zero-order valence-electron chi connectivity index (χ0n) is 12.0. The number of carbonyl (C=O) groups excluding carboxylic acids is 2. The maximum Gasteiger partial charge on any atom is 0.343 e. The maximum absolute atomic E-state index is 11.9. The van der Waals surface area contributed by atoms with Gasteiger partial charge in [0.1, 0.15) is 10.6 Å². The molecule has 0 amide bonds. The van der Waals surface area contributed by atoms with Crippen molar-refractivity contribution in [1.29, 1.82) is 0 Å². The quantitative estimate of drug-likeness (QED) is 0.623. The molecule has 0 spiro atoms. The average molecular weight is 296 g/mol. The third-order valence-electron chi connectivity index (χ3n) is 3.60. The van der Waals surface area contributed by atoms with Crippen LogP contribution in [0.2, 0.25) is 0 Å². The van der Waals surface area contributed by atoms with Crippen LogP contribution >= 0.6 is 11.3 Å². The molecule has 5 nitrogen and oxygen atoms in total. The summed E-state index contributed by atoms with van der Waals surface area (Å²) in [6.45, 7) is 3.86. The fraction of sp³-hybridized carbons (Fsp3) is 0.571. The molecular formula is C14H20N2O3S. The van der Waals surface area contributed by atoms with Crippen LogP contribution in [0.4, 0.5) is 10.7 Å². The fourth-order valence-corrected chi connectivity index (χ4v) is 3.35. The van der Waals surface area contributed by atoms with Gasteiger partial charge >= 0.3 is 5.97 Å². The third kappa shape index (κ3) is 2.80. The van der Waals surface area contributed by atoms with Gasteiger partial charge in [0.15, 0.2) is 5.78 Å². The van der Waals surface area contributed by atoms with E-state index in [-0.39, 0.29) is 17.5 Å². The summed E-state index contributed by atoms with van der Waals surface area (Å²) < 4.78 is 4.78. The number of esters is 1. The number of thiophene rings is 1. The lowest BCUT2D eigenvalue weighted by Gasteiger charge is -2.13. The fourth-order valence-electron chi connectivity index (χ4n) is 2.14. The third-order valence-corrected chi connectivity index (χ3v) is 4.77. The first-order valence-corrected chi connectivity index (χ1v) is 7.61. The van der Waals surface area contributed by atoms with Crippen LogP contribution in [-0.4, -0.2) is 24.9 Å². The van der Waals surface area contributed by atoms with Crippen molar-refractivity contribution in [3.63, 3.8) is 0 Å². The minimum Gasteiger partial charge on any atom is -0.465 e. The summed E-state index contributed by atoms with van der Waals surface area (Å²) in [6.07, 6.45) is 2.76. The Hall–Kier alpha value is -1.56. The highest BCUT2D eigenvalue weighted by Gasteiger charge is 2.31. The highest BCUT2D eigenvalue weighted by molar-refractivity contribution is 7.19. The molecule has 1 unspecified atom stereocenters. The van der Waals surface area contributed by atoms with Gasteiger partial charge in [0.25, 0.3) is 0 Å². The zero-order valence-corrected chi connectivity index (χ0v) is 12.8. The van der Waals surface area contributed by atoms with E-state index in [9.17, 15) is 9.59 Å². The van der Waals surface area contributed by atoms with Gasteiger partial charge in [-0.2, -0.15) is 0 Å². The number of hydrogen-bond donors (Lipinski definition) is 2. The normalized spacial score (nSPS) is 15.8. The molecule has 0 aromatic carbocycles. The molecule has 1 aromatic rings. The standard InChI is InChI=1S/C14H20N2O3S/c1-4-9(17)12-11(15)10(14(18)19-3)13(20-12)16-7(2)8-5-6-8/h7-8,16H,4-6,15H2,1-3H3. The number of methoxy groups -OCH3 is 1. The van der Waals surface area contributed by atoms with Gasteiger partial charge in [0, 0.05) is 12.5 Å². The Morgan fingerprint density at radius 3 is 2.65 bits per heavy atom. The molecule has 110 valence electrons. The lowest BCUT2D eigenvalue weighted by molar-refractivity contribution is 0.0603. The van der Waals surface area contributed by atoms with Crippen LogP contribution in [0.25, 0.3) is 0 Å². The number of anilines is 2. The smallest absolute Gasteiger partial charge is 0.343 e. The van der Waals surface area contributed by atoms with Gasteiger partial charge in [-0.3, -0.25) is 4.79 Å². The van der Waals surface area contributed by atoms with Gasteiger partial charge in [-0.05, 0) is 25.7 Å². The largest absolute Gasteiger partial charge is 0.465 e. The van der Waals surface area contributed by atoms with Crippen LogP contribution < -0.4 is 11.1 Å². The minimum absolute atomic E-state index is 0.0511. The van der Waals surface area contributed by atoms with Gasteiger partial charge in [-0.25, -0.2) is 4.79 Å². The van der Waals surface area contributed by atoms with Crippen molar-refractivity contribution in [2.45, 2.75) is 39.2 Å². The minimum atomic E-state index is -0.501. The van der Waals surface area contributed by atoms with E-state index in [0.29, 0.717) is 27.8 Å². The first-order valence-electron chi connectivity index (χ1n) is 6.79. The van der Waals surface area contributed by atoms with Crippen molar-refractivity contribution in [1.82, 2.24) is 0 Å². The van der Waals surface area contributed by atoms with Gasteiger partial charge in [-0.1, -0.05) is 6.92 Å². The number of nitrogens with two attached hydrogens (primary N) is 1. The number of carbonyl (C=O) groups is 2. The molecule has 1 saturated carbocycles. The number of Topliss-reactive ketones (excluding diaryl/α,β-unsaturated/α-hetero) is 1. The van der Waals surface area contributed by atoms with E-state index in [4.69, 9.17) is 10.5 Å². The first-order chi connectivity index (χ1) is 9.49. The number of rotatable bonds is 6. The molecule has 1 heterocycles. The van der Waals surface area contributed by atoms with Crippen LogP contribution in [0.1, 0.15) is 53.1 Å². The second kappa shape index (κ2) is 5.83. The average Bonchev–Trinajstić information content (AvgIpc) is 3.23. The predicted molar refractivity (Wildman–Crippen MR) is 80.5 cm³/mol. The molecule has 2 rings (SSSR count). The van der Waals surface area contributed by atoms with Crippen molar-refractivity contribution in [2.75, 3.05) is 18.2 Å². The first kappa shape index (κ1) is 14.8. The topological polar surface area (TPSA) is 81.4 Å². The van der Waals surface area contributed by atoms with Gasteiger partial charge in [-0.15, -0.1) is 11.3 Å². The number of nitrogen functional groups attached to an aromatic ring is 1. The van der Waals surface area contributed by atoms with Crippen LogP contribution in [0.5, 0.6) is 0 Å². The van der Waals surface area contributed by atoms with Gasteiger partial charge in [0.2, 0.25) is 0 Å². The van der Waals surface area contributed by atoms with Gasteiger partial charge < -0.3 is 15.8 Å². The number of ketones is 1. The summed E-state index contributed by atoms with van der Waals surface area (Å²) in [5.41, 5.74) is 6.50. The van der Waals surface area contributed by atoms with E-state index >= 15 is 0 Å². The van der Waals surface area contributed by atoms with Crippen molar-refractivity contribution in [2.24, 2.45) is 5.92 Å². The van der Waals surface area contributed by atoms with Gasteiger partial charge in [0.05, 0.1) is 17.7 Å². The number of nitrogens with one attached hydrogen (secondary N) is 1. The molecule has 0 saturated heterocycles. The zero-order chi connectivity index (χ0) is 14.9. The second-order valence-corrected chi connectivity index (χ2v) is 6.11. The molecule has 1 fully saturated rings. The molecule has 6 heteroatoms. The number of ether oxygens (including phenoxy) is 1. The molecule has 1 aliphatic rings. The number of hydrogen-bond acceptors (Lipinski definition) is 6. The molecular weight excluding hydrogens is 276 g/mol. The Morgan fingerprint density at radius 1 is 1.50 bits per heavy atom. The van der Waals surface area contributed by atoms with Crippen LogP contribution in [0.3, 0.4) is 0 Å². The predicted octanol–water partition coefficient (Wildman–Crippen LogP) is 2.92. The monoisotopic (exact) mass is 296 g/mol. The Balaban J connectivity index is 2.36. The van der Waals surface area contributed by atoms with Crippen LogP contribution in [-0.2, 0) is 4.74 Å². The van der Waals surface area contributed by atoms with E-state index in [2.05, 4.69) is 12.2 Å². The molecule has 0 aliphatic heterocycles. The summed E-state index contributed by atoms with van der Waals surface area (Å²) in [7, 11) is 1.31. The molecule has 1 aliphatic carbocycles. The van der Waals surface area contributed by atoms with E-state index < -0.39 is 5.97 Å². The van der Waals surface area contributed by atoms with E-state index in [1.165, 1.54) is 31.3 Å². The second-order valence-electron chi connectivity index (χ2n) is 5.09. The Morgan fingerprint density at radius 2 is 2.15 bits per heavy atom. The summed E-state index contributed by atoms with van der Waals surface area (Å²) >= 11 is 1.25. The Labute approximate surface area is 122 Å². The molecule has 0 radical (unpaired) electrons. The Bertz CT molecular complexity index is 535. The van der Waals surface area contributed by atoms with E-state index in [1.807, 2.05) is 0 Å². The SMILES string of the molecule is CCC(=O)c1sc(NC(C)C2CC2)c(C(=O)OC)c1N. The summed E-state index contributed by atoms with van der Waals surface area (Å²) in [6, 6.07) is 0.265. The summed E-state index contributed by atoms with van der Waals surface area (Å²) in [5.74, 6) is 0.0818. The molecule has 3 N–H and O–H groups in total. The van der Waals surface area contributed by atoms with E-state index in [0.717, 1.165) is 0 Å². The van der Waals surface area contributed by atoms with Crippen LogP contribution in [0.15, 0.2) is 0 Å². The molecule has 1 atom stereocenters. The molecule has 0 bridgehead atoms. The van der Waals surface area contributed by atoms with Crippen molar-refractivity contribution >= 4 is 33.8 Å². The van der Waals surface area contributed by atoms with Crippen LogP contribution in [0, 0.1) is 5.92 Å². The molecule has 20 heavy (non-hydrogen) atoms. The van der Waals surface area contributed by atoms with Crippen molar-refractivity contribution in [3.8, 4) is 0 Å². The Kier molecular flexibility index (Phi) is 4.32.